The summed E-state index contributed by atoms with van der Waals surface area (Å²) in [6.07, 6.45) is 2.83. The first-order valence-corrected chi connectivity index (χ1v) is 10.2. The van der Waals surface area contributed by atoms with Crippen molar-refractivity contribution in [2.45, 2.75) is 5.41 Å². The summed E-state index contributed by atoms with van der Waals surface area (Å²) in [6.45, 7) is 0. The van der Waals surface area contributed by atoms with E-state index in [9.17, 15) is 4.79 Å². The number of hydrogen-bond acceptors (Lipinski definition) is 6. The number of benzene rings is 1. The Labute approximate surface area is 188 Å². The quantitative estimate of drug-likeness (QED) is 0.242. The van der Waals surface area contributed by atoms with Crippen molar-refractivity contribution in [1.82, 2.24) is 29.9 Å². The number of pyridine rings is 1. The lowest BCUT2D eigenvalue weighted by Gasteiger charge is -2.23. The molecule has 0 aliphatic carbocycles. The molecule has 2 atom stereocenters. The number of amides is 1. The van der Waals surface area contributed by atoms with Crippen LogP contribution in [0.2, 0.25) is 0 Å². The first kappa shape index (κ1) is 22.3. The molecule has 0 aliphatic rings. The molecule has 33 heavy (non-hydrogen) atoms. The molecular formula is C21H19F2N8OP. The van der Waals surface area contributed by atoms with Gasteiger partial charge < -0.3 is 5.32 Å². The highest BCUT2D eigenvalue weighted by Gasteiger charge is 2.37. The van der Waals surface area contributed by atoms with Crippen LogP contribution in [-0.4, -0.2) is 43.3 Å². The zero-order valence-corrected chi connectivity index (χ0v) is 18.8. The van der Waals surface area contributed by atoms with E-state index >= 15 is 8.78 Å². The minimum atomic E-state index is -2.68. The zero-order valence-electron chi connectivity index (χ0n) is 17.6. The van der Waals surface area contributed by atoms with E-state index in [1.165, 1.54) is 54.5 Å². The van der Waals surface area contributed by atoms with Crippen LogP contribution in [0.25, 0.3) is 22.2 Å². The first-order chi connectivity index (χ1) is 15.6. The minimum absolute atomic E-state index is 0.118. The molecule has 0 spiro atoms. The summed E-state index contributed by atoms with van der Waals surface area (Å²) in [4.78, 5) is 15.7. The highest BCUT2D eigenvalue weighted by molar-refractivity contribution is 7.20. The van der Waals surface area contributed by atoms with Crippen molar-refractivity contribution in [3.05, 3.63) is 71.4 Å². The van der Waals surface area contributed by atoms with Gasteiger partial charge >= 0.3 is 0 Å². The number of nitrogens with one attached hydrogen (secondary N) is 3. The van der Waals surface area contributed by atoms with Gasteiger partial charge in [-0.3, -0.25) is 25.3 Å². The van der Waals surface area contributed by atoms with Crippen LogP contribution in [0.3, 0.4) is 0 Å². The molecule has 4 rings (SSSR count). The number of halogens is 2. The lowest BCUT2D eigenvalue weighted by molar-refractivity contribution is 0.0958. The van der Waals surface area contributed by atoms with Gasteiger partial charge in [0, 0.05) is 37.6 Å². The molecule has 0 saturated carbocycles. The minimum Gasteiger partial charge on any atom is -0.354 e. The molecule has 0 aliphatic heterocycles. The van der Waals surface area contributed by atoms with Gasteiger partial charge in [-0.05, 0) is 36.4 Å². The number of fused-ring (bicyclic) bond motifs is 1. The topological polar surface area (TPSA) is 125 Å². The van der Waals surface area contributed by atoms with Crippen LogP contribution in [0.5, 0.6) is 0 Å². The summed E-state index contributed by atoms with van der Waals surface area (Å²) in [5.74, 6) is -1.97. The summed E-state index contributed by atoms with van der Waals surface area (Å²) in [5, 5.41) is 24.7. The third kappa shape index (κ3) is 3.91. The summed E-state index contributed by atoms with van der Waals surface area (Å²) in [7, 11) is 4.95. The van der Waals surface area contributed by atoms with E-state index < -0.39 is 22.6 Å². The number of alkyl halides is 1. The predicted octanol–water partition coefficient (Wildman–Crippen LogP) is 2.33. The lowest BCUT2D eigenvalue weighted by atomic mass is 10.1. The average Bonchev–Trinajstić information content (AvgIpc) is 3.20. The van der Waals surface area contributed by atoms with E-state index in [0.717, 1.165) is 4.68 Å². The first-order valence-electron chi connectivity index (χ1n) is 9.66. The number of carbonyl (C=O) groups excluding carboxylic acids is 1. The molecule has 4 aromatic rings. The van der Waals surface area contributed by atoms with E-state index in [-0.39, 0.29) is 28.2 Å². The van der Waals surface area contributed by atoms with Crippen LogP contribution in [0.4, 0.5) is 8.78 Å². The fraction of sp³-hybridized carbons (Fsp3) is 0.143. The molecule has 1 amide bonds. The number of aryl methyl sites for hydroxylation is 1. The Morgan fingerprint density at radius 3 is 2.61 bits per heavy atom. The molecule has 3 heterocycles. The smallest absolute Gasteiger partial charge is 0.269 e. The molecule has 9 nitrogen and oxygen atoms in total. The Morgan fingerprint density at radius 1 is 1.18 bits per heavy atom. The normalized spacial score (nSPS) is 13.0. The van der Waals surface area contributed by atoms with Gasteiger partial charge in [0.15, 0.2) is 5.84 Å². The van der Waals surface area contributed by atoms with E-state index in [0.29, 0.717) is 11.1 Å². The Hall–Kier alpha value is -3.85. The SMILES string of the molecule is CNC(=O)c1ccc(-c2ccc(=N)n(C(=N)C(F)(P)c3ccc4nn(C)cc4c3F)n2)cn1. The van der Waals surface area contributed by atoms with Crippen molar-refractivity contribution in [1.29, 1.82) is 10.8 Å². The van der Waals surface area contributed by atoms with Crippen LogP contribution < -0.4 is 10.8 Å². The number of hydrogen-bond donors (Lipinski definition) is 3. The molecule has 0 saturated heterocycles. The largest absolute Gasteiger partial charge is 0.354 e. The Bertz CT molecular complexity index is 1460. The van der Waals surface area contributed by atoms with Gasteiger partial charge in [-0.2, -0.15) is 14.9 Å². The predicted molar refractivity (Wildman–Crippen MR) is 121 cm³/mol. The number of carbonyl (C=O) groups is 1. The Morgan fingerprint density at radius 2 is 1.94 bits per heavy atom. The fourth-order valence-electron chi connectivity index (χ4n) is 3.30. The summed E-state index contributed by atoms with van der Waals surface area (Å²) in [5.41, 5.74) is 0.663. The molecule has 0 bridgehead atoms. The number of nitrogens with zero attached hydrogens (tertiary/aromatic N) is 5. The molecule has 3 N–H and O–H groups in total. The van der Waals surface area contributed by atoms with Crippen LogP contribution in [0.1, 0.15) is 16.1 Å². The summed E-state index contributed by atoms with van der Waals surface area (Å²) in [6, 6.07) is 8.63. The van der Waals surface area contributed by atoms with Crippen molar-refractivity contribution in [2.75, 3.05) is 7.05 Å². The Balaban J connectivity index is 1.74. The van der Waals surface area contributed by atoms with Crippen molar-refractivity contribution < 1.29 is 13.6 Å². The molecule has 12 heteroatoms. The number of aromatic nitrogens is 5. The highest BCUT2D eigenvalue weighted by atomic mass is 31.0. The maximum absolute atomic E-state index is 15.9. The summed E-state index contributed by atoms with van der Waals surface area (Å²) >= 11 is 0. The monoisotopic (exact) mass is 468 g/mol. The van der Waals surface area contributed by atoms with Gasteiger partial charge in [-0.15, -0.1) is 0 Å². The van der Waals surface area contributed by atoms with E-state index in [2.05, 4.69) is 20.5 Å². The van der Waals surface area contributed by atoms with Crippen molar-refractivity contribution in [2.24, 2.45) is 7.05 Å². The second-order valence-electron chi connectivity index (χ2n) is 7.25. The fourth-order valence-corrected chi connectivity index (χ4v) is 3.64. The second-order valence-corrected chi connectivity index (χ2v) is 8.05. The molecule has 3 aromatic heterocycles. The van der Waals surface area contributed by atoms with Gasteiger partial charge in [0.2, 0.25) is 5.41 Å². The molecule has 0 radical (unpaired) electrons. The van der Waals surface area contributed by atoms with Crippen LogP contribution >= 0.6 is 9.24 Å². The third-order valence-electron chi connectivity index (χ3n) is 5.04. The zero-order chi connectivity index (χ0) is 23.9. The van der Waals surface area contributed by atoms with Gasteiger partial charge in [0.05, 0.1) is 16.6 Å². The summed E-state index contributed by atoms with van der Waals surface area (Å²) < 4.78 is 33.2. The molecule has 0 fully saturated rings. The molecule has 1 aromatic carbocycles. The molecular weight excluding hydrogens is 449 g/mol. The molecule has 168 valence electrons. The average molecular weight is 468 g/mol. The van der Waals surface area contributed by atoms with E-state index in [1.54, 1.807) is 13.1 Å². The maximum Gasteiger partial charge on any atom is 0.269 e. The van der Waals surface area contributed by atoms with Gasteiger partial charge in [0.1, 0.15) is 17.0 Å². The van der Waals surface area contributed by atoms with Crippen molar-refractivity contribution in [3.63, 3.8) is 0 Å². The van der Waals surface area contributed by atoms with Crippen LogP contribution in [0.15, 0.2) is 48.8 Å². The van der Waals surface area contributed by atoms with Gasteiger partial charge in [0.25, 0.3) is 5.91 Å². The standard InChI is InChI=1S/C21H19F2N8OP/c1-26-19(32)16-5-3-11(9-27-16)14-7-8-17(24)31(29-14)20(25)21(23,33)13-4-6-15-12(18(13)22)10-30(2)28-15/h3-10,24-25H,33H2,1-2H3,(H,26,32). The van der Waals surface area contributed by atoms with E-state index in [4.69, 9.17) is 10.8 Å². The van der Waals surface area contributed by atoms with E-state index in [1.807, 2.05) is 9.24 Å². The molecule has 2 unspecified atom stereocenters. The number of rotatable bonds is 4. The Kier molecular flexibility index (Phi) is 5.59. The highest BCUT2D eigenvalue weighted by Crippen LogP contribution is 2.38. The maximum atomic E-state index is 15.9. The second kappa shape index (κ2) is 8.25. The van der Waals surface area contributed by atoms with Crippen molar-refractivity contribution in [3.8, 4) is 11.3 Å². The van der Waals surface area contributed by atoms with Crippen LogP contribution in [0, 0.1) is 16.6 Å². The van der Waals surface area contributed by atoms with Crippen molar-refractivity contribution >= 4 is 31.9 Å². The van der Waals surface area contributed by atoms with Gasteiger partial charge in [-0.1, -0.05) is 9.24 Å². The van der Waals surface area contributed by atoms with Gasteiger partial charge in [-0.25, -0.2) is 8.78 Å². The lowest BCUT2D eigenvalue weighted by Crippen LogP contribution is -2.39. The van der Waals surface area contributed by atoms with Crippen LogP contribution in [-0.2, 0) is 12.5 Å². The third-order valence-corrected chi connectivity index (χ3v) is 5.62.